The molecule has 0 aliphatic carbocycles. The highest BCUT2D eigenvalue weighted by atomic mass is 16.2. The fourth-order valence-corrected chi connectivity index (χ4v) is 2.58. The molecule has 2 rings (SSSR count). The summed E-state index contributed by atoms with van der Waals surface area (Å²) >= 11 is 0. The first-order chi connectivity index (χ1) is 9.28. The molecule has 1 aliphatic rings. The summed E-state index contributed by atoms with van der Waals surface area (Å²) in [5, 5.41) is 0. The summed E-state index contributed by atoms with van der Waals surface area (Å²) < 4.78 is 0. The molecule has 0 radical (unpaired) electrons. The molecule has 0 aromatic carbocycles. The number of nitrogens with zero attached hydrogens (tertiary/aromatic N) is 2. The van der Waals surface area contributed by atoms with E-state index in [-0.39, 0.29) is 11.8 Å². The van der Waals surface area contributed by atoms with Crippen molar-refractivity contribution in [1.82, 2.24) is 14.8 Å². The van der Waals surface area contributed by atoms with Gasteiger partial charge in [0.15, 0.2) is 6.29 Å². The van der Waals surface area contributed by atoms with Crippen LogP contribution in [-0.4, -0.2) is 58.6 Å². The van der Waals surface area contributed by atoms with Crippen LogP contribution in [0.3, 0.4) is 0 Å². The van der Waals surface area contributed by atoms with Gasteiger partial charge in [0.25, 0.3) is 5.91 Å². The van der Waals surface area contributed by atoms with Gasteiger partial charge in [0.2, 0.25) is 5.91 Å². The number of aromatic amines is 1. The first-order valence-electron chi connectivity index (χ1n) is 6.51. The Kier molecular flexibility index (Phi) is 3.41. The van der Waals surface area contributed by atoms with Crippen molar-refractivity contribution in [2.24, 2.45) is 0 Å². The number of carbonyl (C=O) groups excluding carboxylic acids is 3. The number of hydrogen-bond donors (Lipinski definition) is 1. The molecule has 1 aromatic heterocycles. The monoisotopic (exact) mass is 277 g/mol. The van der Waals surface area contributed by atoms with E-state index in [0.717, 1.165) is 0 Å². The van der Waals surface area contributed by atoms with Crippen molar-refractivity contribution < 1.29 is 14.4 Å². The number of likely N-dealkylation sites (N-methyl/N-ethyl adjacent to an activating group) is 1. The molecule has 1 aliphatic heterocycles. The molecule has 1 aromatic rings. The lowest BCUT2D eigenvalue weighted by Crippen LogP contribution is -2.63. The fraction of sp³-hybridized carbons (Fsp3) is 0.500. The van der Waals surface area contributed by atoms with Crippen LogP contribution >= 0.6 is 0 Å². The van der Waals surface area contributed by atoms with Gasteiger partial charge in [-0.25, -0.2) is 0 Å². The van der Waals surface area contributed by atoms with E-state index in [1.165, 1.54) is 6.07 Å². The van der Waals surface area contributed by atoms with Crippen molar-refractivity contribution in [1.29, 1.82) is 0 Å². The SMILES string of the molecule is Cc1[nH]c(C=O)cc1C(=O)N1CCN(C)C(=O)C1(C)C. The predicted octanol–water partition coefficient (Wildman–Crippen LogP) is 0.828. The minimum atomic E-state index is -0.880. The maximum absolute atomic E-state index is 12.6. The van der Waals surface area contributed by atoms with Crippen molar-refractivity contribution in [3.63, 3.8) is 0 Å². The number of hydrogen-bond acceptors (Lipinski definition) is 3. The maximum atomic E-state index is 12.6. The molecule has 20 heavy (non-hydrogen) atoms. The van der Waals surface area contributed by atoms with Crippen LogP contribution in [0.5, 0.6) is 0 Å². The number of carbonyl (C=O) groups is 3. The van der Waals surface area contributed by atoms with E-state index in [1.54, 1.807) is 37.6 Å². The van der Waals surface area contributed by atoms with Gasteiger partial charge < -0.3 is 14.8 Å². The largest absolute Gasteiger partial charge is 0.356 e. The zero-order valence-corrected chi connectivity index (χ0v) is 12.2. The van der Waals surface area contributed by atoms with E-state index in [2.05, 4.69) is 4.98 Å². The summed E-state index contributed by atoms with van der Waals surface area (Å²) in [6.07, 6.45) is 0.671. The van der Waals surface area contributed by atoms with Gasteiger partial charge in [-0.3, -0.25) is 14.4 Å². The quantitative estimate of drug-likeness (QED) is 0.814. The molecule has 6 heteroatoms. The highest BCUT2D eigenvalue weighted by Crippen LogP contribution is 2.25. The third-order valence-electron chi connectivity index (χ3n) is 3.84. The van der Waals surface area contributed by atoms with E-state index in [0.29, 0.717) is 36.3 Å². The van der Waals surface area contributed by atoms with Crippen LogP contribution in [0.15, 0.2) is 6.07 Å². The molecule has 1 fully saturated rings. The zero-order valence-electron chi connectivity index (χ0n) is 12.2. The van der Waals surface area contributed by atoms with Gasteiger partial charge in [-0.05, 0) is 26.8 Å². The Balaban J connectivity index is 2.35. The van der Waals surface area contributed by atoms with Gasteiger partial charge in [0, 0.05) is 25.8 Å². The van der Waals surface area contributed by atoms with Gasteiger partial charge in [-0.15, -0.1) is 0 Å². The second-order valence-electron chi connectivity index (χ2n) is 5.62. The lowest BCUT2D eigenvalue weighted by molar-refractivity contribution is -0.144. The van der Waals surface area contributed by atoms with Crippen LogP contribution in [0.4, 0.5) is 0 Å². The van der Waals surface area contributed by atoms with Gasteiger partial charge in [-0.2, -0.15) is 0 Å². The minimum Gasteiger partial charge on any atom is -0.356 e. The van der Waals surface area contributed by atoms with Crippen LogP contribution in [-0.2, 0) is 4.79 Å². The summed E-state index contributed by atoms with van der Waals surface area (Å²) in [7, 11) is 1.73. The Morgan fingerprint density at radius 3 is 2.60 bits per heavy atom. The van der Waals surface area contributed by atoms with E-state index in [1.807, 2.05) is 0 Å². The molecule has 1 saturated heterocycles. The van der Waals surface area contributed by atoms with Gasteiger partial charge >= 0.3 is 0 Å². The number of H-pyrrole nitrogens is 1. The third-order valence-corrected chi connectivity index (χ3v) is 3.84. The molecule has 2 heterocycles. The molecule has 108 valence electrons. The topological polar surface area (TPSA) is 73.5 Å². The highest BCUT2D eigenvalue weighted by molar-refractivity contribution is 6.01. The zero-order chi connectivity index (χ0) is 15.1. The normalized spacial score (nSPS) is 18.3. The molecular weight excluding hydrogens is 258 g/mol. The second-order valence-corrected chi connectivity index (χ2v) is 5.62. The first-order valence-corrected chi connectivity index (χ1v) is 6.51. The number of rotatable bonds is 2. The van der Waals surface area contributed by atoms with Crippen molar-refractivity contribution in [2.45, 2.75) is 26.3 Å². The summed E-state index contributed by atoms with van der Waals surface area (Å²) in [5.74, 6) is -0.306. The van der Waals surface area contributed by atoms with E-state index in [9.17, 15) is 14.4 Å². The standard InChI is InChI=1S/C14H19N3O3/c1-9-11(7-10(8-18)15-9)12(19)17-6-5-16(4)13(20)14(17,2)3/h7-8,15H,5-6H2,1-4H3. The molecule has 2 amide bonds. The number of piperazine rings is 1. The van der Waals surface area contributed by atoms with Crippen LogP contribution in [0.1, 0.15) is 40.4 Å². The summed E-state index contributed by atoms with van der Waals surface area (Å²) in [5.41, 5.74) is 0.565. The Morgan fingerprint density at radius 2 is 2.05 bits per heavy atom. The van der Waals surface area contributed by atoms with E-state index < -0.39 is 5.54 Å². The van der Waals surface area contributed by atoms with E-state index in [4.69, 9.17) is 0 Å². The average molecular weight is 277 g/mol. The molecule has 0 saturated carbocycles. The fourth-order valence-electron chi connectivity index (χ4n) is 2.58. The predicted molar refractivity (Wildman–Crippen MR) is 73.7 cm³/mol. The van der Waals surface area contributed by atoms with Crippen LogP contribution in [0, 0.1) is 6.92 Å². The second kappa shape index (κ2) is 4.77. The smallest absolute Gasteiger partial charge is 0.256 e. The lowest BCUT2D eigenvalue weighted by Gasteiger charge is -2.44. The maximum Gasteiger partial charge on any atom is 0.256 e. The molecule has 0 spiro atoms. The van der Waals surface area contributed by atoms with Crippen molar-refractivity contribution in [2.75, 3.05) is 20.1 Å². The van der Waals surface area contributed by atoms with Crippen molar-refractivity contribution in [3.8, 4) is 0 Å². The Hall–Kier alpha value is -2.11. The first kappa shape index (κ1) is 14.3. The summed E-state index contributed by atoms with van der Waals surface area (Å²) in [4.78, 5) is 41.7. The van der Waals surface area contributed by atoms with Crippen LogP contribution in [0.25, 0.3) is 0 Å². The number of amides is 2. The molecule has 6 nitrogen and oxygen atoms in total. The van der Waals surface area contributed by atoms with Crippen molar-refractivity contribution >= 4 is 18.1 Å². The molecule has 0 bridgehead atoms. The Labute approximate surface area is 117 Å². The molecule has 0 unspecified atom stereocenters. The van der Waals surface area contributed by atoms with Crippen LogP contribution in [0.2, 0.25) is 0 Å². The summed E-state index contributed by atoms with van der Waals surface area (Å²) in [6, 6.07) is 1.53. The number of nitrogens with one attached hydrogen (secondary N) is 1. The lowest BCUT2D eigenvalue weighted by atomic mass is 9.96. The van der Waals surface area contributed by atoms with Gasteiger partial charge in [0.1, 0.15) is 5.54 Å². The molecule has 0 atom stereocenters. The van der Waals surface area contributed by atoms with E-state index >= 15 is 0 Å². The van der Waals surface area contributed by atoms with Gasteiger partial charge in [-0.1, -0.05) is 0 Å². The molecular formula is C14H19N3O3. The van der Waals surface area contributed by atoms with Crippen molar-refractivity contribution in [3.05, 3.63) is 23.0 Å². The molecule has 1 N–H and O–H groups in total. The third kappa shape index (κ3) is 2.11. The average Bonchev–Trinajstić information content (AvgIpc) is 2.77. The Morgan fingerprint density at radius 1 is 1.40 bits per heavy atom. The Bertz CT molecular complexity index is 574. The number of aromatic nitrogens is 1. The van der Waals surface area contributed by atoms with Crippen LogP contribution < -0.4 is 0 Å². The van der Waals surface area contributed by atoms with Gasteiger partial charge in [0.05, 0.1) is 11.3 Å². The summed E-state index contributed by atoms with van der Waals surface area (Å²) in [6.45, 7) is 6.22. The highest BCUT2D eigenvalue weighted by Gasteiger charge is 2.43. The minimum absolute atomic E-state index is 0.0825. The number of aldehydes is 1. The number of aryl methyl sites for hydroxylation is 1.